The van der Waals surface area contributed by atoms with Crippen LogP contribution in [-0.4, -0.2) is 38.6 Å². The van der Waals surface area contributed by atoms with E-state index in [2.05, 4.69) is 20.4 Å². The molecule has 13 heteroatoms. The Bertz CT molecular complexity index is 1360. The van der Waals surface area contributed by atoms with Gasteiger partial charge in [0.25, 0.3) is 0 Å². The maximum Gasteiger partial charge on any atom is 0.416 e. The lowest BCUT2D eigenvalue weighted by molar-refractivity contribution is -0.137. The summed E-state index contributed by atoms with van der Waals surface area (Å²) in [5.74, 6) is 1.04. The van der Waals surface area contributed by atoms with Crippen molar-refractivity contribution in [1.29, 1.82) is 5.41 Å². The van der Waals surface area contributed by atoms with Crippen LogP contribution >= 0.6 is 23.7 Å². The summed E-state index contributed by atoms with van der Waals surface area (Å²) in [6, 6.07) is 12.5. The molecule has 1 atom stereocenters. The van der Waals surface area contributed by atoms with Crippen LogP contribution in [-0.2, 0) is 12.6 Å². The van der Waals surface area contributed by atoms with E-state index in [1.54, 1.807) is 5.38 Å². The quantitative estimate of drug-likeness (QED) is 0.201. The highest BCUT2D eigenvalue weighted by atomic mass is 35.5. The van der Waals surface area contributed by atoms with Crippen molar-refractivity contribution in [2.75, 3.05) is 11.9 Å². The molecule has 2 aromatic heterocycles. The smallest absolute Gasteiger partial charge is 0.370 e. The number of alkyl halides is 3. The molecule has 0 bridgehead atoms. The Morgan fingerprint density at radius 2 is 1.81 bits per heavy atom. The van der Waals surface area contributed by atoms with Crippen LogP contribution in [0.4, 0.5) is 24.0 Å². The number of benzene rings is 2. The molecule has 194 valence electrons. The topological polar surface area (TPSA) is 117 Å². The first-order valence-corrected chi connectivity index (χ1v) is 12.1. The van der Waals surface area contributed by atoms with Crippen molar-refractivity contribution in [3.63, 3.8) is 0 Å². The van der Waals surface area contributed by atoms with E-state index in [9.17, 15) is 13.2 Å². The second kappa shape index (κ2) is 10.8. The largest absolute Gasteiger partial charge is 0.416 e. The van der Waals surface area contributed by atoms with Gasteiger partial charge in [-0.1, -0.05) is 17.3 Å². The molecule has 37 heavy (non-hydrogen) atoms. The summed E-state index contributed by atoms with van der Waals surface area (Å²) in [7, 11) is 0. The molecule has 4 N–H and O–H groups in total. The van der Waals surface area contributed by atoms with Gasteiger partial charge < -0.3 is 20.5 Å². The summed E-state index contributed by atoms with van der Waals surface area (Å²) in [5, 5.41) is 17.4. The van der Waals surface area contributed by atoms with Gasteiger partial charge in [0.2, 0.25) is 11.7 Å². The summed E-state index contributed by atoms with van der Waals surface area (Å²) in [6.07, 6.45) is -1.92. The Hall–Kier alpha value is -3.64. The fraction of sp³-hybridized carbons (Fsp3) is 0.250. The van der Waals surface area contributed by atoms with Crippen LogP contribution in [0.5, 0.6) is 0 Å². The van der Waals surface area contributed by atoms with Crippen LogP contribution < -0.4 is 11.1 Å². The molecule has 2 aromatic carbocycles. The minimum Gasteiger partial charge on any atom is -0.370 e. The zero-order valence-electron chi connectivity index (χ0n) is 19.3. The van der Waals surface area contributed by atoms with Gasteiger partial charge in [0.15, 0.2) is 11.1 Å². The Morgan fingerprint density at radius 1 is 1.11 bits per heavy atom. The molecule has 8 nitrogen and oxygen atoms in total. The molecular weight excluding hydrogens is 527 g/mol. The van der Waals surface area contributed by atoms with E-state index in [4.69, 9.17) is 15.7 Å². The van der Waals surface area contributed by atoms with Crippen molar-refractivity contribution in [2.24, 2.45) is 5.73 Å². The zero-order chi connectivity index (χ0) is 25.3. The number of nitrogens with zero attached hydrogens (tertiary/aromatic N) is 4. The molecule has 0 saturated carbocycles. The predicted octanol–water partition coefficient (Wildman–Crippen LogP) is 5.94. The number of thiazole rings is 1. The maximum absolute atomic E-state index is 12.8. The summed E-state index contributed by atoms with van der Waals surface area (Å²) in [4.78, 5) is 10.8. The molecule has 1 saturated heterocycles. The first-order valence-electron chi connectivity index (χ1n) is 11.2. The van der Waals surface area contributed by atoms with Crippen molar-refractivity contribution in [3.05, 3.63) is 65.4 Å². The second-order valence-corrected chi connectivity index (χ2v) is 9.26. The van der Waals surface area contributed by atoms with E-state index >= 15 is 0 Å². The summed E-state index contributed by atoms with van der Waals surface area (Å²) in [5.41, 5.74) is 7.75. The van der Waals surface area contributed by atoms with Gasteiger partial charge in [-0.05, 0) is 49.2 Å². The van der Waals surface area contributed by atoms with Crippen molar-refractivity contribution >= 4 is 40.5 Å². The van der Waals surface area contributed by atoms with Crippen LogP contribution in [0, 0.1) is 5.41 Å². The molecule has 0 spiro atoms. The molecular formula is C24H23ClF3N7OS. The molecule has 0 amide bonds. The lowest BCUT2D eigenvalue weighted by Crippen LogP contribution is -2.41. The fourth-order valence-corrected chi connectivity index (χ4v) is 4.88. The lowest BCUT2D eigenvalue weighted by atomic mass is 10.1. The van der Waals surface area contributed by atoms with Gasteiger partial charge in [0, 0.05) is 41.2 Å². The standard InChI is InChI=1S/C24H22F3N7OS.ClH/c25-24(26,27)16-7-3-14(4-8-16)19-13-36-23(31-19)30-17-9-5-15(6-10-17)21-32-20(35-33-21)12-18-2-1-11-34(18)22(28)29;/h3-10,13,18H,1-2,11-12H2,(H3,28,29)(H,30,31);1H/t18-;/m0./s1. The van der Waals surface area contributed by atoms with Gasteiger partial charge >= 0.3 is 6.18 Å². The summed E-state index contributed by atoms with van der Waals surface area (Å²) >= 11 is 1.36. The minimum atomic E-state index is -4.37. The van der Waals surface area contributed by atoms with Crippen LogP contribution in [0.2, 0.25) is 0 Å². The molecule has 0 radical (unpaired) electrons. The number of nitrogens with two attached hydrogens (primary N) is 1. The molecule has 3 heterocycles. The lowest BCUT2D eigenvalue weighted by Gasteiger charge is -2.23. The van der Waals surface area contributed by atoms with E-state index in [0.29, 0.717) is 34.5 Å². The first kappa shape index (κ1) is 26.4. The number of nitrogens with one attached hydrogen (secondary N) is 2. The Kier molecular flexibility index (Phi) is 7.69. The first-order chi connectivity index (χ1) is 17.3. The monoisotopic (exact) mass is 549 g/mol. The molecule has 5 rings (SSSR count). The molecule has 1 aliphatic heterocycles. The van der Waals surface area contributed by atoms with Crippen molar-refractivity contribution in [1.82, 2.24) is 20.0 Å². The Labute approximate surface area is 220 Å². The number of anilines is 2. The van der Waals surface area contributed by atoms with E-state index in [1.165, 1.54) is 23.5 Å². The molecule has 1 aliphatic rings. The van der Waals surface area contributed by atoms with Crippen LogP contribution in [0.15, 0.2) is 58.4 Å². The highest BCUT2D eigenvalue weighted by Gasteiger charge is 2.30. The van der Waals surface area contributed by atoms with Gasteiger partial charge in [-0.2, -0.15) is 18.2 Å². The molecule has 1 fully saturated rings. The third kappa shape index (κ3) is 6.03. The molecule has 4 aromatic rings. The van der Waals surface area contributed by atoms with E-state index in [0.717, 1.165) is 42.8 Å². The van der Waals surface area contributed by atoms with Crippen LogP contribution in [0.3, 0.4) is 0 Å². The van der Waals surface area contributed by atoms with Crippen molar-refractivity contribution in [3.8, 4) is 22.6 Å². The number of hydrogen-bond acceptors (Lipinski definition) is 7. The van der Waals surface area contributed by atoms with Gasteiger partial charge in [0.1, 0.15) is 0 Å². The van der Waals surface area contributed by atoms with E-state index < -0.39 is 11.7 Å². The number of likely N-dealkylation sites (tertiary alicyclic amines) is 1. The SMILES string of the molecule is Cl.N=C(N)N1CCC[C@H]1Cc1nc(-c2ccc(Nc3nc(-c4ccc(C(F)(F)F)cc4)cs3)cc2)no1. The Morgan fingerprint density at radius 3 is 2.49 bits per heavy atom. The number of hydrogen-bond donors (Lipinski definition) is 3. The zero-order valence-corrected chi connectivity index (χ0v) is 21.0. The summed E-state index contributed by atoms with van der Waals surface area (Å²) < 4.78 is 43.8. The van der Waals surface area contributed by atoms with Gasteiger partial charge in [-0.3, -0.25) is 5.41 Å². The third-order valence-electron chi connectivity index (χ3n) is 5.97. The number of guanidine groups is 1. The average Bonchev–Trinajstić information content (AvgIpc) is 3.61. The third-order valence-corrected chi connectivity index (χ3v) is 6.73. The van der Waals surface area contributed by atoms with Gasteiger partial charge in [-0.15, -0.1) is 23.7 Å². The molecule has 0 unspecified atom stereocenters. The van der Waals surface area contributed by atoms with Crippen LogP contribution in [0.1, 0.15) is 24.3 Å². The molecule has 0 aliphatic carbocycles. The van der Waals surface area contributed by atoms with E-state index in [1.807, 2.05) is 29.2 Å². The Balaban J connectivity index is 0.00000320. The highest BCUT2D eigenvalue weighted by Crippen LogP contribution is 2.32. The fourth-order valence-electron chi connectivity index (χ4n) is 4.14. The predicted molar refractivity (Wildman–Crippen MR) is 138 cm³/mol. The number of halogens is 4. The minimum absolute atomic E-state index is 0. The summed E-state index contributed by atoms with van der Waals surface area (Å²) in [6.45, 7) is 0.764. The number of aromatic nitrogens is 3. The van der Waals surface area contributed by atoms with Crippen molar-refractivity contribution < 1.29 is 17.7 Å². The van der Waals surface area contributed by atoms with Gasteiger partial charge in [-0.25, -0.2) is 4.98 Å². The number of rotatable bonds is 6. The van der Waals surface area contributed by atoms with Gasteiger partial charge in [0.05, 0.1) is 11.3 Å². The van der Waals surface area contributed by atoms with Crippen LogP contribution in [0.25, 0.3) is 22.6 Å². The highest BCUT2D eigenvalue weighted by molar-refractivity contribution is 7.14. The van der Waals surface area contributed by atoms with E-state index in [-0.39, 0.29) is 24.4 Å². The normalized spacial score (nSPS) is 15.4. The van der Waals surface area contributed by atoms with Crippen molar-refractivity contribution in [2.45, 2.75) is 31.5 Å². The maximum atomic E-state index is 12.8. The average molecular weight is 550 g/mol. The second-order valence-electron chi connectivity index (χ2n) is 8.41.